The Balaban J connectivity index is 1.91. The van der Waals surface area contributed by atoms with Crippen LogP contribution in [0.2, 0.25) is 0 Å². The molecule has 0 aliphatic carbocycles. The lowest BCUT2D eigenvalue weighted by atomic mass is 9.86. The van der Waals surface area contributed by atoms with Gasteiger partial charge in [-0.2, -0.15) is 0 Å². The van der Waals surface area contributed by atoms with Gasteiger partial charge in [0.2, 0.25) is 0 Å². The van der Waals surface area contributed by atoms with E-state index < -0.39 is 24.0 Å². The largest absolute Gasteiger partial charge is 0.525 e. The quantitative estimate of drug-likeness (QED) is 0.756. The summed E-state index contributed by atoms with van der Waals surface area (Å²) in [6.07, 6.45) is 4.70. The van der Waals surface area contributed by atoms with Crippen LogP contribution in [0.4, 0.5) is 4.39 Å². The molecule has 1 aromatic carbocycles. The average Bonchev–Trinajstić information content (AvgIpc) is 3.06. The number of furan rings is 1. The van der Waals surface area contributed by atoms with Crippen molar-refractivity contribution in [1.82, 2.24) is 0 Å². The molecule has 23 heavy (non-hydrogen) atoms. The van der Waals surface area contributed by atoms with Gasteiger partial charge < -0.3 is 13.7 Å². The third kappa shape index (κ3) is 2.99. The second-order valence-corrected chi connectivity index (χ2v) is 6.72. The molecule has 0 atom stereocenters. The van der Waals surface area contributed by atoms with Gasteiger partial charge in [0, 0.05) is 5.56 Å². The summed E-state index contributed by atoms with van der Waals surface area (Å²) in [6, 6.07) is 9.40. The number of benzene rings is 1. The van der Waals surface area contributed by atoms with Gasteiger partial charge in [-0.05, 0) is 51.0 Å². The standard InChI is InChI=1S/C18H20BFO3/c1-17(2)18(3,4)23-19(22-17)16(20)11-13-7-5-6-8-15(13)14-9-10-21-12-14/h5-12H,1-4H3. The van der Waals surface area contributed by atoms with Crippen molar-refractivity contribution in [3.8, 4) is 11.1 Å². The summed E-state index contributed by atoms with van der Waals surface area (Å²) in [6.45, 7) is 7.61. The fourth-order valence-electron chi connectivity index (χ4n) is 2.48. The van der Waals surface area contributed by atoms with Crippen LogP contribution in [-0.2, 0) is 9.31 Å². The summed E-state index contributed by atoms with van der Waals surface area (Å²) < 4.78 is 31.3. The van der Waals surface area contributed by atoms with Crippen molar-refractivity contribution in [2.75, 3.05) is 0 Å². The molecule has 3 rings (SSSR count). The van der Waals surface area contributed by atoms with Crippen molar-refractivity contribution in [2.24, 2.45) is 0 Å². The average molecular weight is 314 g/mol. The normalized spacial score (nSPS) is 20.0. The van der Waals surface area contributed by atoms with E-state index >= 15 is 0 Å². The van der Waals surface area contributed by atoms with Gasteiger partial charge in [0.15, 0.2) is 0 Å². The number of hydrogen-bond acceptors (Lipinski definition) is 3. The Morgan fingerprint density at radius 3 is 2.30 bits per heavy atom. The van der Waals surface area contributed by atoms with Crippen molar-refractivity contribution in [3.63, 3.8) is 0 Å². The van der Waals surface area contributed by atoms with Gasteiger partial charge in [0.25, 0.3) is 0 Å². The molecule has 3 nitrogen and oxygen atoms in total. The van der Waals surface area contributed by atoms with E-state index in [1.807, 2.05) is 58.0 Å². The summed E-state index contributed by atoms with van der Waals surface area (Å²) in [5.74, 6) is 0. The SMILES string of the molecule is CC1(C)OB(C(F)=Cc2ccccc2-c2ccoc2)OC1(C)C. The molecule has 1 saturated heterocycles. The summed E-state index contributed by atoms with van der Waals surface area (Å²) >= 11 is 0. The summed E-state index contributed by atoms with van der Waals surface area (Å²) in [5, 5.41) is 0. The highest BCUT2D eigenvalue weighted by atomic mass is 19.1. The van der Waals surface area contributed by atoms with Crippen LogP contribution in [0.5, 0.6) is 0 Å². The molecule has 2 aromatic rings. The second kappa shape index (κ2) is 5.66. The first-order valence-electron chi connectivity index (χ1n) is 7.64. The van der Waals surface area contributed by atoms with Gasteiger partial charge >= 0.3 is 7.12 Å². The lowest BCUT2D eigenvalue weighted by Gasteiger charge is -2.32. The molecule has 0 unspecified atom stereocenters. The fraction of sp³-hybridized carbons (Fsp3) is 0.333. The number of hydrogen-bond donors (Lipinski definition) is 0. The van der Waals surface area contributed by atoms with Crippen molar-refractivity contribution in [3.05, 3.63) is 54.1 Å². The monoisotopic (exact) mass is 314 g/mol. The first kappa shape index (κ1) is 16.0. The first-order chi connectivity index (χ1) is 10.8. The minimum Gasteiger partial charge on any atom is -0.472 e. The maximum atomic E-state index is 14.7. The molecule has 0 bridgehead atoms. The molecule has 0 amide bonds. The van der Waals surface area contributed by atoms with Crippen molar-refractivity contribution in [1.29, 1.82) is 0 Å². The molecule has 0 saturated carbocycles. The zero-order valence-corrected chi connectivity index (χ0v) is 13.8. The smallest absolute Gasteiger partial charge is 0.472 e. The Hall–Kier alpha value is -1.85. The van der Waals surface area contributed by atoms with E-state index in [1.54, 1.807) is 12.5 Å². The second-order valence-electron chi connectivity index (χ2n) is 6.72. The van der Waals surface area contributed by atoms with Crippen molar-refractivity contribution in [2.45, 2.75) is 38.9 Å². The minimum atomic E-state index is -0.989. The number of halogens is 1. The van der Waals surface area contributed by atoms with Gasteiger partial charge in [-0.1, -0.05) is 24.3 Å². The van der Waals surface area contributed by atoms with E-state index in [1.165, 1.54) is 6.08 Å². The Morgan fingerprint density at radius 2 is 1.70 bits per heavy atom. The van der Waals surface area contributed by atoms with Gasteiger partial charge in [0.05, 0.1) is 23.7 Å². The van der Waals surface area contributed by atoms with Crippen LogP contribution in [0, 0.1) is 0 Å². The molecule has 1 fully saturated rings. The van der Waals surface area contributed by atoms with Gasteiger partial charge in [-0.3, -0.25) is 0 Å². The highest BCUT2D eigenvalue weighted by Gasteiger charge is 2.53. The minimum absolute atomic E-state index is 0.445. The van der Waals surface area contributed by atoms with Crippen LogP contribution in [0.25, 0.3) is 17.2 Å². The van der Waals surface area contributed by atoms with Crippen LogP contribution in [0.1, 0.15) is 33.3 Å². The fourth-order valence-corrected chi connectivity index (χ4v) is 2.48. The van der Waals surface area contributed by atoms with Gasteiger partial charge in [-0.15, -0.1) is 0 Å². The summed E-state index contributed by atoms with van der Waals surface area (Å²) in [5.41, 5.74) is 0.979. The Labute approximate surface area is 136 Å². The molecule has 1 aromatic heterocycles. The molecule has 1 aliphatic rings. The van der Waals surface area contributed by atoms with Crippen molar-refractivity contribution < 1.29 is 18.1 Å². The molecule has 120 valence electrons. The Bertz CT molecular complexity index is 704. The maximum Gasteiger partial charge on any atom is 0.525 e. The maximum absolute atomic E-state index is 14.7. The van der Waals surface area contributed by atoms with E-state index in [0.717, 1.165) is 16.7 Å². The van der Waals surface area contributed by atoms with E-state index in [2.05, 4.69) is 0 Å². The van der Waals surface area contributed by atoms with Crippen LogP contribution < -0.4 is 0 Å². The molecule has 5 heteroatoms. The highest BCUT2D eigenvalue weighted by Crippen LogP contribution is 2.39. The zero-order chi connectivity index (χ0) is 16.7. The van der Waals surface area contributed by atoms with Gasteiger partial charge in [-0.25, -0.2) is 4.39 Å². The predicted octanol–water partition coefficient (Wildman–Crippen LogP) is 4.89. The third-order valence-corrected chi connectivity index (χ3v) is 4.56. The van der Waals surface area contributed by atoms with Crippen LogP contribution in [-0.4, -0.2) is 18.3 Å². The van der Waals surface area contributed by atoms with E-state index in [0.29, 0.717) is 0 Å². The Kier molecular flexibility index (Phi) is 3.94. The number of rotatable bonds is 3. The topological polar surface area (TPSA) is 31.6 Å². The summed E-state index contributed by atoms with van der Waals surface area (Å²) in [4.78, 5) is 0. The van der Waals surface area contributed by atoms with E-state index in [4.69, 9.17) is 13.7 Å². The molecule has 1 aliphatic heterocycles. The van der Waals surface area contributed by atoms with Crippen LogP contribution in [0.3, 0.4) is 0 Å². The van der Waals surface area contributed by atoms with E-state index in [9.17, 15) is 4.39 Å². The van der Waals surface area contributed by atoms with E-state index in [-0.39, 0.29) is 0 Å². The lowest BCUT2D eigenvalue weighted by molar-refractivity contribution is 0.00578. The zero-order valence-electron chi connectivity index (χ0n) is 13.8. The molecule has 0 radical (unpaired) electrons. The highest BCUT2D eigenvalue weighted by molar-refractivity contribution is 6.54. The molecular weight excluding hydrogens is 294 g/mol. The lowest BCUT2D eigenvalue weighted by Crippen LogP contribution is -2.41. The predicted molar refractivity (Wildman–Crippen MR) is 89.3 cm³/mol. The van der Waals surface area contributed by atoms with Crippen molar-refractivity contribution >= 4 is 13.2 Å². The summed E-state index contributed by atoms with van der Waals surface area (Å²) in [7, 11) is -0.989. The first-order valence-corrected chi connectivity index (χ1v) is 7.64. The third-order valence-electron chi connectivity index (χ3n) is 4.56. The molecular formula is C18H20BFO3. The van der Waals surface area contributed by atoms with Gasteiger partial charge in [0.1, 0.15) is 5.73 Å². The molecule has 0 N–H and O–H groups in total. The van der Waals surface area contributed by atoms with Crippen LogP contribution in [0.15, 0.2) is 53.0 Å². The van der Waals surface area contributed by atoms with Crippen LogP contribution >= 0.6 is 0 Å². The molecule has 2 heterocycles. The molecule has 0 spiro atoms. The Morgan fingerprint density at radius 1 is 1.04 bits per heavy atom.